The van der Waals surface area contributed by atoms with Crippen molar-refractivity contribution in [1.29, 1.82) is 0 Å². The molecule has 110 valence electrons. The molecule has 1 aromatic carbocycles. The molecule has 3 rings (SSSR count). The van der Waals surface area contributed by atoms with Crippen molar-refractivity contribution in [2.45, 2.75) is 23.7 Å². The lowest BCUT2D eigenvalue weighted by Gasteiger charge is -2.23. The fourth-order valence-electron chi connectivity index (χ4n) is 3.37. The SMILES string of the molecule is O=S1(=O)CCC(C(CCl)CC2CSc3ccccc32)C1. The number of rotatable bonds is 4. The molecule has 1 fully saturated rings. The zero-order valence-corrected chi connectivity index (χ0v) is 13.7. The Balaban J connectivity index is 1.71. The Hall–Kier alpha value is -0.190. The normalized spacial score (nSPS) is 29.2. The smallest absolute Gasteiger partial charge is 0.150 e. The standard InChI is InChI=1S/C15H19ClO2S2/c16-8-12(11-5-6-20(17,18)10-11)7-13-9-19-15-4-2-1-3-14(13)15/h1-4,11-13H,5-10H2. The second-order valence-electron chi connectivity index (χ2n) is 5.86. The summed E-state index contributed by atoms with van der Waals surface area (Å²) < 4.78 is 23.3. The van der Waals surface area contributed by atoms with Gasteiger partial charge in [-0.2, -0.15) is 0 Å². The highest BCUT2D eigenvalue weighted by Crippen LogP contribution is 2.44. The van der Waals surface area contributed by atoms with Crippen molar-refractivity contribution in [3.8, 4) is 0 Å². The highest BCUT2D eigenvalue weighted by atomic mass is 35.5. The number of benzene rings is 1. The van der Waals surface area contributed by atoms with Gasteiger partial charge >= 0.3 is 0 Å². The number of sulfone groups is 1. The second kappa shape index (κ2) is 5.90. The molecular formula is C15H19ClO2S2. The molecule has 0 saturated carbocycles. The largest absolute Gasteiger partial charge is 0.229 e. The molecule has 2 aliphatic rings. The first-order valence-corrected chi connectivity index (χ1v) is 10.4. The summed E-state index contributed by atoms with van der Waals surface area (Å²) in [4.78, 5) is 1.38. The van der Waals surface area contributed by atoms with Crippen LogP contribution in [0.4, 0.5) is 0 Å². The van der Waals surface area contributed by atoms with Crippen molar-refractivity contribution in [1.82, 2.24) is 0 Å². The number of thioether (sulfide) groups is 1. The third-order valence-corrected chi connectivity index (χ3v) is 7.96. The Bertz CT molecular complexity index is 585. The molecule has 2 aliphatic heterocycles. The Morgan fingerprint density at radius 2 is 2.15 bits per heavy atom. The van der Waals surface area contributed by atoms with Gasteiger partial charge in [0, 0.05) is 16.5 Å². The van der Waals surface area contributed by atoms with Crippen LogP contribution in [0.2, 0.25) is 0 Å². The zero-order valence-electron chi connectivity index (χ0n) is 11.3. The highest BCUT2D eigenvalue weighted by Gasteiger charge is 2.35. The average Bonchev–Trinajstić information content (AvgIpc) is 2.99. The summed E-state index contributed by atoms with van der Waals surface area (Å²) in [5, 5.41) is 0. The maximum atomic E-state index is 11.6. The first kappa shape index (κ1) is 14.7. The van der Waals surface area contributed by atoms with Gasteiger partial charge in [0.2, 0.25) is 0 Å². The number of hydrogen-bond donors (Lipinski definition) is 0. The van der Waals surface area contributed by atoms with Gasteiger partial charge in [-0.1, -0.05) is 18.2 Å². The van der Waals surface area contributed by atoms with Crippen LogP contribution in [0.25, 0.3) is 0 Å². The van der Waals surface area contributed by atoms with Gasteiger partial charge in [0.05, 0.1) is 11.5 Å². The van der Waals surface area contributed by atoms with Gasteiger partial charge in [-0.05, 0) is 42.2 Å². The van der Waals surface area contributed by atoms with Crippen molar-refractivity contribution in [2.75, 3.05) is 23.1 Å². The average molecular weight is 331 g/mol. The lowest BCUT2D eigenvalue weighted by molar-refractivity contribution is 0.357. The minimum atomic E-state index is -2.81. The fraction of sp³-hybridized carbons (Fsp3) is 0.600. The molecular weight excluding hydrogens is 312 g/mol. The van der Waals surface area contributed by atoms with E-state index in [2.05, 4.69) is 24.3 Å². The molecule has 0 aliphatic carbocycles. The molecule has 0 N–H and O–H groups in total. The van der Waals surface area contributed by atoms with Gasteiger partial charge in [0.15, 0.2) is 9.84 Å². The Morgan fingerprint density at radius 1 is 1.35 bits per heavy atom. The zero-order chi connectivity index (χ0) is 14.2. The van der Waals surface area contributed by atoms with Crippen molar-refractivity contribution in [3.05, 3.63) is 29.8 Å². The van der Waals surface area contributed by atoms with Crippen molar-refractivity contribution >= 4 is 33.2 Å². The monoisotopic (exact) mass is 330 g/mol. The topological polar surface area (TPSA) is 34.1 Å². The van der Waals surface area contributed by atoms with Crippen LogP contribution in [0.5, 0.6) is 0 Å². The van der Waals surface area contributed by atoms with Gasteiger partial charge in [0.25, 0.3) is 0 Å². The molecule has 2 heterocycles. The van der Waals surface area contributed by atoms with Gasteiger partial charge in [-0.15, -0.1) is 23.4 Å². The Morgan fingerprint density at radius 3 is 2.85 bits per heavy atom. The minimum Gasteiger partial charge on any atom is -0.229 e. The molecule has 20 heavy (non-hydrogen) atoms. The van der Waals surface area contributed by atoms with E-state index in [9.17, 15) is 8.42 Å². The first-order valence-electron chi connectivity index (χ1n) is 7.07. The predicted octanol–water partition coefficient (Wildman–Crippen LogP) is 3.56. The molecule has 1 aromatic rings. The molecule has 0 aromatic heterocycles. The number of fused-ring (bicyclic) bond motifs is 1. The van der Waals surface area contributed by atoms with Gasteiger partial charge in [-0.3, -0.25) is 0 Å². The van der Waals surface area contributed by atoms with E-state index in [0.29, 0.717) is 29.2 Å². The van der Waals surface area contributed by atoms with Crippen LogP contribution in [0.15, 0.2) is 29.2 Å². The number of hydrogen-bond acceptors (Lipinski definition) is 3. The van der Waals surface area contributed by atoms with E-state index in [-0.39, 0.29) is 5.92 Å². The summed E-state index contributed by atoms with van der Waals surface area (Å²) in [6.45, 7) is 0. The minimum absolute atomic E-state index is 0.260. The Kier molecular flexibility index (Phi) is 4.34. The van der Waals surface area contributed by atoms with Crippen molar-refractivity contribution < 1.29 is 8.42 Å². The molecule has 2 nitrogen and oxygen atoms in total. The number of alkyl halides is 1. The van der Waals surface area contributed by atoms with Crippen LogP contribution in [0, 0.1) is 11.8 Å². The highest BCUT2D eigenvalue weighted by molar-refractivity contribution is 7.99. The van der Waals surface area contributed by atoms with Gasteiger partial charge < -0.3 is 0 Å². The molecule has 0 spiro atoms. The summed E-state index contributed by atoms with van der Waals surface area (Å²) in [6, 6.07) is 8.55. The molecule has 1 saturated heterocycles. The number of halogens is 1. The lowest BCUT2D eigenvalue weighted by Crippen LogP contribution is -2.20. The van der Waals surface area contributed by atoms with Gasteiger partial charge in [0.1, 0.15) is 0 Å². The van der Waals surface area contributed by atoms with E-state index in [1.807, 2.05) is 11.8 Å². The maximum Gasteiger partial charge on any atom is 0.150 e. The van der Waals surface area contributed by atoms with Crippen LogP contribution >= 0.6 is 23.4 Å². The van der Waals surface area contributed by atoms with Crippen LogP contribution in [-0.4, -0.2) is 31.6 Å². The van der Waals surface area contributed by atoms with Crippen LogP contribution in [0.1, 0.15) is 24.3 Å². The summed E-state index contributed by atoms with van der Waals surface area (Å²) >= 11 is 8.05. The fourth-order valence-corrected chi connectivity index (χ4v) is 6.94. The Labute approximate surface area is 130 Å². The molecule has 3 atom stereocenters. The third kappa shape index (κ3) is 3.02. The van der Waals surface area contributed by atoms with E-state index < -0.39 is 9.84 Å². The molecule has 5 heteroatoms. The summed E-state index contributed by atoms with van der Waals surface area (Å²) in [5.74, 6) is 3.48. The van der Waals surface area contributed by atoms with E-state index in [1.165, 1.54) is 10.5 Å². The third-order valence-electron chi connectivity index (χ3n) is 4.52. The second-order valence-corrected chi connectivity index (χ2v) is 9.46. The lowest BCUT2D eigenvalue weighted by atomic mass is 9.83. The van der Waals surface area contributed by atoms with E-state index in [1.54, 1.807) is 0 Å². The van der Waals surface area contributed by atoms with Gasteiger partial charge in [-0.25, -0.2) is 8.42 Å². The summed E-state index contributed by atoms with van der Waals surface area (Å²) in [5.41, 5.74) is 1.42. The van der Waals surface area contributed by atoms with Crippen LogP contribution in [-0.2, 0) is 9.84 Å². The van der Waals surface area contributed by atoms with Crippen LogP contribution in [0.3, 0.4) is 0 Å². The molecule has 3 unspecified atom stereocenters. The quantitative estimate of drug-likeness (QED) is 0.792. The first-order chi connectivity index (χ1) is 9.59. The van der Waals surface area contributed by atoms with E-state index in [4.69, 9.17) is 11.6 Å². The molecule has 0 bridgehead atoms. The van der Waals surface area contributed by atoms with Crippen molar-refractivity contribution in [3.63, 3.8) is 0 Å². The maximum absolute atomic E-state index is 11.6. The predicted molar refractivity (Wildman–Crippen MR) is 85.5 cm³/mol. The molecule has 0 radical (unpaired) electrons. The van der Waals surface area contributed by atoms with Crippen molar-refractivity contribution in [2.24, 2.45) is 11.8 Å². The molecule has 0 amide bonds. The summed E-state index contributed by atoms with van der Waals surface area (Å²) in [6.07, 6.45) is 1.81. The van der Waals surface area contributed by atoms with Crippen LogP contribution < -0.4 is 0 Å². The summed E-state index contributed by atoms with van der Waals surface area (Å²) in [7, 11) is -2.81. The van der Waals surface area contributed by atoms with E-state index in [0.717, 1.165) is 18.6 Å². The van der Waals surface area contributed by atoms with E-state index >= 15 is 0 Å².